The minimum absolute atomic E-state index is 0.242. The van der Waals surface area contributed by atoms with Gasteiger partial charge in [0.2, 0.25) is 0 Å². The van der Waals surface area contributed by atoms with E-state index in [1.165, 1.54) is 5.75 Å². The Labute approximate surface area is 86.0 Å². The average Bonchev–Trinajstić information content (AvgIpc) is 2.11. The molecule has 0 saturated carbocycles. The molecule has 2 N–H and O–H groups in total. The molecule has 0 rings (SSSR count). The Kier molecular flexibility index (Phi) is 8.97. The number of nitrogens with zero attached hydrogens (tertiary/aromatic N) is 1. The average molecular weight is 206 g/mol. The Morgan fingerprint density at radius 2 is 2.23 bits per heavy atom. The van der Waals surface area contributed by atoms with E-state index in [9.17, 15) is 0 Å². The fourth-order valence-corrected chi connectivity index (χ4v) is 1.59. The topological polar surface area (TPSA) is 38.5 Å². The second kappa shape index (κ2) is 8.81. The fraction of sp³-hybridized carbons (Fsp3) is 1.00. The van der Waals surface area contributed by atoms with Gasteiger partial charge in [0.05, 0.1) is 0 Å². The molecular formula is C9H22N2OS. The number of methoxy groups -OCH3 is 1. The van der Waals surface area contributed by atoms with Gasteiger partial charge in [0.1, 0.15) is 0 Å². The molecular weight excluding hydrogens is 184 g/mol. The molecule has 0 aliphatic rings. The molecule has 4 heteroatoms. The van der Waals surface area contributed by atoms with E-state index < -0.39 is 0 Å². The summed E-state index contributed by atoms with van der Waals surface area (Å²) in [5, 5.41) is 0. The summed E-state index contributed by atoms with van der Waals surface area (Å²) < 4.78 is 4.97. The first-order chi connectivity index (χ1) is 6.20. The lowest BCUT2D eigenvalue weighted by Gasteiger charge is -2.20. The zero-order valence-corrected chi connectivity index (χ0v) is 9.77. The van der Waals surface area contributed by atoms with Crippen molar-refractivity contribution in [1.29, 1.82) is 0 Å². The molecule has 80 valence electrons. The van der Waals surface area contributed by atoms with Crippen LogP contribution in [-0.2, 0) is 4.74 Å². The van der Waals surface area contributed by atoms with Crippen molar-refractivity contribution in [1.82, 2.24) is 4.90 Å². The van der Waals surface area contributed by atoms with Gasteiger partial charge in [0.15, 0.2) is 0 Å². The highest BCUT2D eigenvalue weighted by Crippen LogP contribution is 1.96. The number of thioether (sulfide) groups is 1. The Morgan fingerprint density at radius 3 is 2.77 bits per heavy atom. The van der Waals surface area contributed by atoms with Crippen LogP contribution in [0.1, 0.15) is 6.42 Å². The molecule has 0 bridgehead atoms. The lowest BCUT2D eigenvalue weighted by Crippen LogP contribution is -2.37. The highest BCUT2D eigenvalue weighted by atomic mass is 32.2. The zero-order chi connectivity index (χ0) is 10.1. The number of likely N-dealkylation sites (N-methyl/N-ethyl adjacent to an activating group) is 1. The minimum atomic E-state index is 0.242. The van der Waals surface area contributed by atoms with Gasteiger partial charge in [0.25, 0.3) is 0 Å². The van der Waals surface area contributed by atoms with Crippen molar-refractivity contribution in [3.63, 3.8) is 0 Å². The van der Waals surface area contributed by atoms with Crippen LogP contribution >= 0.6 is 11.8 Å². The normalized spacial score (nSPS) is 13.6. The molecule has 0 aromatic rings. The van der Waals surface area contributed by atoms with E-state index >= 15 is 0 Å². The summed E-state index contributed by atoms with van der Waals surface area (Å²) in [5.74, 6) is 1.17. The molecule has 1 unspecified atom stereocenters. The SMILES string of the molecule is COCCC(N)CN(C)CCSC. The second-order valence-corrected chi connectivity index (χ2v) is 4.28. The standard InChI is InChI=1S/C9H22N2OS/c1-11(5-7-13-3)8-9(10)4-6-12-2/h9H,4-8,10H2,1-3H3. The predicted octanol–water partition coefficient (Wildman–Crippen LogP) is 0.645. The van der Waals surface area contributed by atoms with Crippen molar-refractivity contribution >= 4 is 11.8 Å². The van der Waals surface area contributed by atoms with E-state index in [-0.39, 0.29) is 6.04 Å². The quantitative estimate of drug-likeness (QED) is 0.633. The van der Waals surface area contributed by atoms with Gasteiger partial charge >= 0.3 is 0 Å². The van der Waals surface area contributed by atoms with Crippen LogP contribution < -0.4 is 5.73 Å². The molecule has 0 amide bonds. The number of hydrogen-bond acceptors (Lipinski definition) is 4. The molecule has 0 heterocycles. The molecule has 0 aromatic heterocycles. The summed E-state index contributed by atoms with van der Waals surface area (Å²) in [5.41, 5.74) is 5.90. The highest BCUT2D eigenvalue weighted by Gasteiger charge is 2.05. The Hall–Kier alpha value is 0.230. The summed E-state index contributed by atoms with van der Waals surface area (Å²) in [4.78, 5) is 2.27. The fourth-order valence-electron chi connectivity index (χ4n) is 1.10. The first-order valence-electron chi connectivity index (χ1n) is 4.62. The van der Waals surface area contributed by atoms with Crippen molar-refractivity contribution in [3.05, 3.63) is 0 Å². The number of ether oxygens (including phenoxy) is 1. The molecule has 0 aromatic carbocycles. The first-order valence-corrected chi connectivity index (χ1v) is 6.02. The van der Waals surface area contributed by atoms with Crippen LogP contribution in [0.3, 0.4) is 0 Å². The van der Waals surface area contributed by atoms with E-state index in [2.05, 4.69) is 18.2 Å². The highest BCUT2D eigenvalue weighted by molar-refractivity contribution is 7.98. The molecule has 13 heavy (non-hydrogen) atoms. The first kappa shape index (κ1) is 13.2. The molecule has 0 fully saturated rings. The Morgan fingerprint density at radius 1 is 1.54 bits per heavy atom. The molecule has 3 nitrogen and oxygen atoms in total. The molecule has 1 atom stereocenters. The van der Waals surface area contributed by atoms with Crippen LogP contribution in [0.15, 0.2) is 0 Å². The van der Waals surface area contributed by atoms with E-state index in [1.54, 1.807) is 7.11 Å². The van der Waals surface area contributed by atoms with Gasteiger partial charge in [-0.25, -0.2) is 0 Å². The predicted molar refractivity (Wildman–Crippen MR) is 60.3 cm³/mol. The summed E-state index contributed by atoms with van der Waals surface area (Å²) in [6, 6.07) is 0.242. The molecule has 0 aliphatic carbocycles. The van der Waals surface area contributed by atoms with Crippen molar-refractivity contribution in [3.8, 4) is 0 Å². The van der Waals surface area contributed by atoms with E-state index in [1.807, 2.05) is 11.8 Å². The summed E-state index contributed by atoms with van der Waals surface area (Å²) in [6.07, 6.45) is 3.07. The summed E-state index contributed by atoms with van der Waals surface area (Å²) >= 11 is 1.87. The van der Waals surface area contributed by atoms with Crippen LogP contribution in [0.2, 0.25) is 0 Å². The van der Waals surface area contributed by atoms with E-state index in [0.717, 1.165) is 26.1 Å². The van der Waals surface area contributed by atoms with Crippen molar-refractivity contribution in [2.24, 2.45) is 5.73 Å². The lowest BCUT2D eigenvalue weighted by molar-refractivity contribution is 0.180. The van der Waals surface area contributed by atoms with Gasteiger partial charge in [-0.05, 0) is 19.7 Å². The van der Waals surface area contributed by atoms with Gasteiger partial charge in [0, 0.05) is 38.6 Å². The molecule has 0 radical (unpaired) electrons. The Balaban J connectivity index is 3.35. The number of rotatable bonds is 8. The summed E-state index contributed by atoms with van der Waals surface area (Å²) in [7, 11) is 3.83. The maximum atomic E-state index is 5.90. The largest absolute Gasteiger partial charge is 0.385 e. The van der Waals surface area contributed by atoms with Gasteiger partial charge in [-0.15, -0.1) is 0 Å². The Bertz CT molecular complexity index is 102. The zero-order valence-electron chi connectivity index (χ0n) is 8.95. The van der Waals surface area contributed by atoms with Crippen molar-refractivity contribution in [2.45, 2.75) is 12.5 Å². The van der Waals surface area contributed by atoms with Crippen LogP contribution in [0.5, 0.6) is 0 Å². The van der Waals surface area contributed by atoms with Crippen LogP contribution in [0.25, 0.3) is 0 Å². The van der Waals surface area contributed by atoms with E-state index in [4.69, 9.17) is 10.5 Å². The smallest absolute Gasteiger partial charge is 0.0477 e. The maximum absolute atomic E-state index is 5.90. The summed E-state index contributed by atoms with van der Waals surface area (Å²) in [6.45, 7) is 2.84. The van der Waals surface area contributed by atoms with Gasteiger partial charge in [-0.2, -0.15) is 11.8 Å². The van der Waals surface area contributed by atoms with E-state index in [0.29, 0.717) is 0 Å². The minimum Gasteiger partial charge on any atom is -0.385 e. The van der Waals surface area contributed by atoms with Gasteiger partial charge in [-0.3, -0.25) is 0 Å². The molecule has 0 aliphatic heterocycles. The third-order valence-electron chi connectivity index (χ3n) is 1.92. The van der Waals surface area contributed by atoms with Crippen molar-refractivity contribution in [2.75, 3.05) is 45.9 Å². The van der Waals surface area contributed by atoms with Crippen LogP contribution in [0.4, 0.5) is 0 Å². The molecule has 0 saturated heterocycles. The number of nitrogens with two attached hydrogens (primary N) is 1. The van der Waals surface area contributed by atoms with Gasteiger partial charge in [-0.1, -0.05) is 0 Å². The lowest BCUT2D eigenvalue weighted by atomic mass is 10.2. The second-order valence-electron chi connectivity index (χ2n) is 3.30. The number of hydrogen-bond donors (Lipinski definition) is 1. The third kappa shape index (κ3) is 8.56. The maximum Gasteiger partial charge on any atom is 0.0477 e. The van der Waals surface area contributed by atoms with Gasteiger partial charge < -0.3 is 15.4 Å². The van der Waals surface area contributed by atoms with Crippen LogP contribution in [-0.4, -0.2) is 56.8 Å². The monoisotopic (exact) mass is 206 g/mol. The third-order valence-corrected chi connectivity index (χ3v) is 2.51. The van der Waals surface area contributed by atoms with Crippen molar-refractivity contribution < 1.29 is 4.74 Å². The van der Waals surface area contributed by atoms with Crippen LogP contribution in [0, 0.1) is 0 Å². The molecule has 0 spiro atoms.